The molecule has 4 aromatic carbocycles. The van der Waals surface area contributed by atoms with Crippen LogP contribution in [0.5, 0.6) is 0 Å². The number of carbonyl (C=O) groups is 1. The zero-order valence-electron chi connectivity index (χ0n) is 24.0. The molecule has 1 aliphatic rings. The third-order valence-corrected chi connectivity index (χ3v) is 8.40. The Morgan fingerprint density at radius 2 is 1.33 bits per heavy atom. The van der Waals surface area contributed by atoms with Crippen LogP contribution in [0.4, 0.5) is 26.3 Å². The fourth-order valence-electron chi connectivity index (χ4n) is 6.02. The highest BCUT2D eigenvalue weighted by molar-refractivity contribution is 6.10. The number of carbonyl (C=O) groups excluding carboxylic acids is 1. The van der Waals surface area contributed by atoms with Crippen LogP contribution in [0.3, 0.4) is 0 Å². The number of benzene rings is 4. The summed E-state index contributed by atoms with van der Waals surface area (Å²) in [5.41, 5.74) is -1.95. The van der Waals surface area contributed by atoms with Crippen molar-refractivity contribution in [3.8, 4) is 0 Å². The number of halogens is 6. The van der Waals surface area contributed by atoms with Gasteiger partial charge in [0.2, 0.25) is 0 Å². The SMILES string of the molecule is CC(C)[C@@H]1CC[C@@H](C)C[C@H]1OC(=O)c1ccc2ccc3ccc(/C=C\c4cc(C(F)(F)F)cc(C(F)(F)F)c4)cc3c2c1. The number of esters is 1. The molecule has 1 saturated carbocycles. The van der Waals surface area contributed by atoms with Crippen molar-refractivity contribution >= 4 is 39.7 Å². The van der Waals surface area contributed by atoms with Gasteiger partial charge in [0.15, 0.2) is 0 Å². The first-order valence-electron chi connectivity index (χ1n) is 14.3. The van der Waals surface area contributed by atoms with Crippen LogP contribution in [-0.2, 0) is 17.1 Å². The summed E-state index contributed by atoms with van der Waals surface area (Å²) in [5, 5.41) is 3.33. The molecular weight excluding hydrogens is 566 g/mol. The van der Waals surface area contributed by atoms with E-state index in [0.29, 0.717) is 41.0 Å². The summed E-state index contributed by atoms with van der Waals surface area (Å²) in [4.78, 5) is 13.3. The molecule has 0 radical (unpaired) electrons. The van der Waals surface area contributed by atoms with Crippen molar-refractivity contribution in [1.82, 2.24) is 0 Å². The highest BCUT2D eigenvalue weighted by atomic mass is 19.4. The lowest BCUT2D eigenvalue weighted by atomic mass is 9.75. The van der Waals surface area contributed by atoms with Crippen molar-refractivity contribution < 1.29 is 35.9 Å². The van der Waals surface area contributed by atoms with Gasteiger partial charge in [0.05, 0.1) is 16.7 Å². The first-order valence-corrected chi connectivity index (χ1v) is 14.3. The van der Waals surface area contributed by atoms with Crippen molar-refractivity contribution in [1.29, 1.82) is 0 Å². The van der Waals surface area contributed by atoms with Gasteiger partial charge >= 0.3 is 18.3 Å². The van der Waals surface area contributed by atoms with Gasteiger partial charge in [-0.3, -0.25) is 0 Å². The van der Waals surface area contributed by atoms with Gasteiger partial charge in [-0.2, -0.15) is 26.3 Å². The lowest BCUT2D eigenvalue weighted by molar-refractivity contribution is -0.143. The number of hydrogen-bond acceptors (Lipinski definition) is 2. The number of alkyl halides is 6. The van der Waals surface area contributed by atoms with Crippen LogP contribution in [-0.4, -0.2) is 12.1 Å². The van der Waals surface area contributed by atoms with E-state index < -0.39 is 23.5 Å². The van der Waals surface area contributed by atoms with Crippen LogP contribution in [0.25, 0.3) is 33.7 Å². The maximum atomic E-state index is 13.3. The van der Waals surface area contributed by atoms with Crippen LogP contribution in [0.1, 0.15) is 72.6 Å². The molecule has 0 unspecified atom stereocenters. The number of fused-ring (bicyclic) bond motifs is 3. The van der Waals surface area contributed by atoms with E-state index in [4.69, 9.17) is 4.74 Å². The predicted molar refractivity (Wildman–Crippen MR) is 157 cm³/mol. The van der Waals surface area contributed by atoms with Crippen LogP contribution in [0, 0.1) is 17.8 Å². The van der Waals surface area contributed by atoms with Gasteiger partial charge in [-0.25, -0.2) is 4.79 Å². The summed E-state index contributed by atoms with van der Waals surface area (Å²) in [5.74, 6) is 0.800. The first-order chi connectivity index (χ1) is 20.2. The molecule has 43 heavy (non-hydrogen) atoms. The maximum absolute atomic E-state index is 13.3. The average Bonchev–Trinajstić information content (AvgIpc) is 2.94. The summed E-state index contributed by atoms with van der Waals surface area (Å²) in [6, 6.07) is 16.1. The Hall–Kier alpha value is -3.81. The predicted octanol–water partition coefficient (Wildman–Crippen LogP) is 10.8. The molecule has 0 aliphatic heterocycles. The zero-order valence-corrected chi connectivity index (χ0v) is 24.0. The molecule has 5 rings (SSSR count). The minimum Gasteiger partial charge on any atom is -0.458 e. The van der Waals surface area contributed by atoms with Crippen molar-refractivity contribution in [2.45, 2.75) is 58.5 Å². The molecule has 0 heterocycles. The number of hydrogen-bond donors (Lipinski definition) is 0. The molecule has 0 amide bonds. The van der Waals surface area contributed by atoms with Gasteiger partial charge in [0, 0.05) is 0 Å². The van der Waals surface area contributed by atoms with E-state index in [1.807, 2.05) is 24.3 Å². The quantitative estimate of drug-likeness (QED) is 0.0989. The zero-order chi connectivity index (χ0) is 31.1. The summed E-state index contributed by atoms with van der Waals surface area (Å²) in [7, 11) is 0. The van der Waals surface area contributed by atoms with Gasteiger partial charge < -0.3 is 4.74 Å². The maximum Gasteiger partial charge on any atom is 0.416 e. The molecule has 0 aromatic heterocycles. The minimum absolute atomic E-state index is 0.111. The van der Waals surface area contributed by atoms with Crippen molar-refractivity contribution in [3.63, 3.8) is 0 Å². The summed E-state index contributed by atoms with van der Waals surface area (Å²) in [6.45, 7) is 6.48. The Morgan fingerprint density at radius 1 is 0.767 bits per heavy atom. The lowest BCUT2D eigenvalue weighted by Crippen LogP contribution is -2.35. The van der Waals surface area contributed by atoms with Crippen molar-refractivity contribution in [2.75, 3.05) is 0 Å². The molecule has 0 N–H and O–H groups in total. The molecule has 2 nitrogen and oxygen atoms in total. The van der Waals surface area contributed by atoms with Gasteiger partial charge in [0.1, 0.15) is 6.10 Å². The average molecular weight is 599 g/mol. The second kappa shape index (κ2) is 11.7. The van der Waals surface area contributed by atoms with E-state index in [-0.39, 0.29) is 23.7 Å². The van der Waals surface area contributed by atoms with Gasteiger partial charge in [0.25, 0.3) is 0 Å². The Kier molecular flexibility index (Phi) is 8.34. The van der Waals surface area contributed by atoms with E-state index >= 15 is 0 Å². The second-order valence-corrected chi connectivity index (χ2v) is 11.9. The fraction of sp³-hybridized carbons (Fsp3) is 0.343. The molecule has 0 saturated heterocycles. The lowest BCUT2D eigenvalue weighted by Gasteiger charge is -2.36. The van der Waals surface area contributed by atoms with E-state index in [1.54, 1.807) is 24.3 Å². The van der Waals surface area contributed by atoms with E-state index in [1.165, 1.54) is 12.2 Å². The standard InChI is InChI=1S/C35H32F6O2/c1-20(2)29-13-4-21(3)14-32(29)43-33(42)26-12-11-25-10-9-24-8-7-22(17-30(24)31(25)18-26)5-6-23-15-27(34(36,37)38)19-28(16-23)35(39,40)41/h5-12,15-21,29,32H,4,13-14H2,1-3H3/b6-5-/t21-,29+,32-/m1/s1. The Balaban J connectivity index is 1.48. The molecule has 4 aromatic rings. The number of ether oxygens (including phenoxy) is 1. The highest BCUT2D eigenvalue weighted by Crippen LogP contribution is 2.38. The molecule has 0 spiro atoms. The normalized spacial score (nSPS) is 19.9. The van der Waals surface area contributed by atoms with Crippen LogP contribution < -0.4 is 0 Å². The molecule has 0 bridgehead atoms. The summed E-state index contributed by atoms with van der Waals surface area (Å²) < 4.78 is 85.8. The third kappa shape index (κ3) is 6.89. The van der Waals surface area contributed by atoms with Crippen LogP contribution in [0.15, 0.2) is 66.7 Å². The molecule has 1 fully saturated rings. The van der Waals surface area contributed by atoms with Gasteiger partial charge in [-0.1, -0.05) is 69.7 Å². The fourth-order valence-corrected chi connectivity index (χ4v) is 6.02. The van der Waals surface area contributed by atoms with Crippen LogP contribution in [0.2, 0.25) is 0 Å². The minimum atomic E-state index is -4.92. The van der Waals surface area contributed by atoms with Crippen molar-refractivity contribution in [2.24, 2.45) is 17.8 Å². The van der Waals surface area contributed by atoms with E-state index in [9.17, 15) is 31.1 Å². The monoisotopic (exact) mass is 598 g/mol. The highest BCUT2D eigenvalue weighted by Gasteiger charge is 2.37. The summed E-state index contributed by atoms with van der Waals surface area (Å²) >= 11 is 0. The molecule has 226 valence electrons. The van der Waals surface area contributed by atoms with E-state index in [0.717, 1.165) is 40.8 Å². The summed E-state index contributed by atoms with van der Waals surface area (Å²) in [6.07, 6.45) is -4.31. The Morgan fingerprint density at radius 3 is 1.93 bits per heavy atom. The molecule has 1 aliphatic carbocycles. The van der Waals surface area contributed by atoms with Crippen molar-refractivity contribution in [3.05, 3.63) is 94.5 Å². The molecule has 3 atom stereocenters. The smallest absolute Gasteiger partial charge is 0.416 e. The number of rotatable bonds is 5. The largest absolute Gasteiger partial charge is 0.458 e. The molecule has 8 heteroatoms. The first kappa shape index (κ1) is 30.6. The third-order valence-electron chi connectivity index (χ3n) is 8.40. The molecular formula is C35H32F6O2. The topological polar surface area (TPSA) is 26.3 Å². The van der Waals surface area contributed by atoms with Gasteiger partial charge in [-0.05, 0) is 99.7 Å². The Bertz CT molecular complexity index is 1650. The second-order valence-electron chi connectivity index (χ2n) is 11.9. The van der Waals surface area contributed by atoms with Gasteiger partial charge in [-0.15, -0.1) is 0 Å². The van der Waals surface area contributed by atoms with Crippen LogP contribution >= 0.6 is 0 Å². The Labute approximate surface area is 246 Å². The van der Waals surface area contributed by atoms with E-state index in [2.05, 4.69) is 20.8 Å².